The summed E-state index contributed by atoms with van der Waals surface area (Å²) in [6.07, 6.45) is 0.894. The maximum absolute atomic E-state index is 13.0. The molecule has 31 heavy (non-hydrogen) atoms. The van der Waals surface area contributed by atoms with Crippen molar-refractivity contribution >= 4 is 22.0 Å². The van der Waals surface area contributed by atoms with Crippen LogP contribution < -0.4 is 0 Å². The Hall–Kier alpha value is -2.13. The minimum absolute atomic E-state index is 0.0573. The van der Waals surface area contributed by atoms with E-state index in [-0.39, 0.29) is 17.9 Å². The van der Waals surface area contributed by atoms with Crippen molar-refractivity contribution < 1.29 is 22.7 Å². The predicted octanol–water partition coefficient (Wildman–Crippen LogP) is 2.51. The van der Waals surface area contributed by atoms with Crippen LogP contribution in [0.4, 0.5) is 4.79 Å². The van der Waals surface area contributed by atoms with Gasteiger partial charge < -0.3 is 14.5 Å². The zero-order chi connectivity index (χ0) is 22.6. The highest BCUT2D eigenvalue weighted by atomic mass is 32.2. The molecule has 2 fully saturated rings. The fraction of sp³-hybridized carbons (Fsp3) is 0.636. The molecule has 3 rings (SSSR count). The quantitative estimate of drug-likeness (QED) is 0.687. The van der Waals surface area contributed by atoms with Gasteiger partial charge in [0.25, 0.3) is 0 Å². The molecule has 0 unspecified atom stereocenters. The maximum atomic E-state index is 13.0. The Kier molecular flexibility index (Phi) is 7.59. The number of amides is 2. The van der Waals surface area contributed by atoms with Crippen LogP contribution in [0.2, 0.25) is 0 Å². The van der Waals surface area contributed by atoms with Crippen LogP contribution in [0.15, 0.2) is 29.2 Å². The van der Waals surface area contributed by atoms with E-state index in [0.717, 1.165) is 5.56 Å². The summed E-state index contributed by atoms with van der Waals surface area (Å²) >= 11 is 0. The molecule has 2 aliphatic heterocycles. The van der Waals surface area contributed by atoms with Crippen LogP contribution in [-0.4, -0.2) is 80.4 Å². The van der Waals surface area contributed by atoms with Gasteiger partial charge in [-0.1, -0.05) is 26.0 Å². The lowest BCUT2D eigenvalue weighted by molar-refractivity contribution is -0.138. The number of piperazine rings is 1. The number of hydrogen-bond donors (Lipinski definition) is 0. The minimum atomic E-state index is -3.56. The van der Waals surface area contributed by atoms with Crippen LogP contribution in [-0.2, 0) is 19.6 Å². The van der Waals surface area contributed by atoms with Crippen molar-refractivity contribution in [2.45, 2.75) is 44.4 Å². The number of ether oxygens (including phenoxy) is 1. The molecule has 2 aliphatic rings. The fourth-order valence-electron chi connectivity index (χ4n) is 4.10. The summed E-state index contributed by atoms with van der Waals surface area (Å²) in [5, 5.41) is 0. The molecule has 2 heterocycles. The summed E-state index contributed by atoms with van der Waals surface area (Å²) in [4.78, 5) is 28.4. The van der Waals surface area contributed by atoms with E-state index in [4.69, 9.17) is 4.74 Å². The molecule has 0 bridgehead atoms. The largest absolute Gasteiger partial charge is 0.450 e. The Balaban J connectivity index is 1.53. The van der Waals surface area contributed by atoms with Crippen molar-refractivity contribution in [3.05, 3.63) is 29.8 Å². The predicted molar refractivity (Wildman–Crippen MR) is 117 cm³/mol. The third kappa shape index (κ3) is 5.38. The van der Waals surface area contributed by atoms with Gasteiger partial charge in [0.1, 0.15) is 0 Å². The maximum Gasteiger partial charge on any atom is 0.409 e. The molecule has 8 nitrogen and oxygen atoms in total. The SMILES string of the molecule is CCOC(=O)N1CCC(C(=O)N2CCN(S(=O)(=O)c3ccc(C(C)C)cc3)CC2)CC1. The molecule has 0 saturated carbocycles. The van der Waals surface area contributed by atoms with Crippen LogP contribution in [0, 0.1) is 5.92 Å². The summed E-state index contributed by atoms with van der Waals surface area (Å²) in [7, 11) is -3.56. The van der Waals surface area contributed by atoms with E-state index in [0.29, 0.717) is 69.5 Å². The van der Waals surface area contributed by atoms with Gasteiger partial charge >= 0.3 is 6.09 Å². The number of carbonyl (C=O) groups is 2. The number of nitrogens with zero attached hydrogens (tertiary/aromatic N) is 3. The van der Waals surface area contributed by atoms with E-state index < -0.39 is 10.0 Å². The van der Waals surface area contributed by atoms with Crippen LogP contribution in [0.1, 0.15) is 45.1 Å². The van der Waals surface area contributed by atoms with Gasteiger partial charge in [0.05, 0.1) is 11.5 Å². The molecule has 1 aromatic rings. The van der Waals surface area contributed by atoms with E-state index in [1.807, 2.05) is 12.1 Å². The molecule has 0 spiro atoms. The van der Waals surface area contributed by atoms with Crippen LogP contribution >= 0.6 is 0 Å². The summed E-state index contributed by atoms with van der Waals surface area (Å²) < 4.78 is 32.4. The van der Waals surface area contributed by atoms with E-state index in [1.54, 1.807) is 28.9 Å². The lowest BCUT2D eigenvalue weighted by Gasteiger charge is -2.38. The second-order valence-electron chi connectivity index (χ2n) is 8.41. The highest BCUT2D eigenvalue weighted by Crippen LogP contribution is 2.24. The number of likely N-dealkylation sites (tertiary alicyclic amines) is 1. The Morgan fingerprint density at radius 2 is 1.55 bits per heavy atom. The Labute approximate surface area is 185 Å². The van der Waals surface area contributed by atoms with Crippen molar-refractivity contribution in [2.24, 2.45) is 5.92 Å². The molecule has 0 radical (unpaired) electrons. The second kappa shape index (κ2) is 9.99. The zero-order valence-electron chi connectivity index (χ0n) is 18.6. The topological polar surface area (TPSA) is 87.2 Å². The lowest BCUT2D eigenvalue weighted by atomic mass is 9.95. The molecule has 0 aliphatic carbocycles. The summed E-state index contributed by atoms with van der Waals surface area (Å²) in [6, 6.07) is 7.05. The molecule has 2 saturated heterocycles. The van der Waals surface area contributed by atoms with Crippen molar-refractivity contribution in [3.63, 3.8) is 0 Å². The van der Waals surface area contributed by atoms with Crippen LogP contribution in [0.25, 0.3) is 0 Å². The van der Waals surface area contributed by atoms with Gasteiger partial charge in [-0.2, -0.15) is 4.31 Å². The molecule has 0 atom stereocenters. The molecule has 0 N–H and O–H groups in total. The smallest absolute Gasteiger partial charge is 0.409 e. The van der Waals surface area contributed by atoms with Gasteiger partial charge in [0.15, 0.2) is 0 Å². The van der Waals surface area contributed by atoms with E-state index in [1.165, 1.54) is 4.31 Å². The molecule has 1 aromatic carbocycles. The van der Waals surface area contributed by atoms with Gasteiger partial charge in [-0.05, 0) is 43.4 Å². The van der Waals surface area contributed by atoms with Gasteiger partial charge in [-0.25, -0.2) is 13.2 Å². The van der Waals surface area contributed by atoms with Gasteiger partial charge in [-0.15, -0.1) is 0 Å². The van der Waals surface area contributed by atoms with Crippen LogP contribution in [0.3, 0.4) is 0 Å². The third-order valence-corrected chi connectivity index (χ3v) is 8.02. The van der Waals surface area contributed by atoms with Crippen molar-refractivity contribution in [3.8, 4) is 0 Å². The first kappa shape index (κ1) is 23.5. The highest BCUT2D eigenvalue weighted by Gasteiger charge is 2.34. The highest BCUT2D eigenvalue weighted by molar-refractivity contribution is 7.89. The Morgan fingerprint density at radius 3 is 2.06 bits per heavy atom. The number of carbonyl (C=O) groups excluding carboxylic acids is 2. The first-order valence-electron chi connectivity index (χ1n) is 11.0. The van der Waals surface area contributed by atoms with Crippen molar-refractivity contribution in [1.29, 1.82) is 0 Å². The summed E-state index contributed by atoms with van der Waals surface area (Å²) in [6.45, 7) is 8.64. The number of piperidine rings is 1. The molecule has 172 valence electrons. The summed E-state index contributed by atoms with van der Waals surface area (Å²) in [5.74, 6) is 0.273. The van der Waals surface area contributed by atoms with E-state index >= 15 is 0 Å². The van der Waals surface area contributed by atoms with Crippen molar-refractivity contribution in [2.75, 3.05) is 45.9 Å². The second-order valence-corrected chi connectivity index (χ2v) is 10.4. The number of rotatable bonds is 5. The lowest BCUT2D eigenvalue weighted by Crippen LogP contribution is -2.53. The normalized spacial score (nSPS) is 19.0. The first-order valence-corrected chi connectivity index (χ1v) is 12.5. The fourth-order valence-corrected chi connectivity index (χ4v) is 5.53. The minimum Gasteiger partial charge on any atom is -0.450 e. The van der Waals surface area contributed by atoms with Gasteiger partial charge in [0, 0.05) is 45.2 Å². The van der Waals surface area contributed by atoms with E-state index in [9.17, 15) is 18.0 Å². The third-order valence-electron chi connectivity index (χ3n) is 6.11. The van der Waals surface area contributed by atoms with Crippen molar-refractivity contribution in [1.82, 2.24) is 14.1 Å². The van der Waals surface area contributed by atoms with E-state index in [2.05, 4.69) is 13.8 Å². The number of benzene rings is 1. The van der Waals surface area contributed by atoms with Gasteiger partial charge in [0.2, 0.25) is 15.9 Å². The monoisotopic (exact) mass is 451 g/mol. The van der Waals surface area contributed by atoms with Crippen LogP contribution in [0.5, 0.6) is 0 Å². The first-order chi connectivity index (χ1) is 14.7. The Bertz CT molecular complexity index is 869. The molecule has 0 aromatic heterocycles. The zero-order valence-corrected chi connectivity index (χ0v) is 19.4. The summed E-state index contributed by atoms with van der Waals surface area (Å²) in [5.41, 5.74) is 1.10. The Morgan fingerprint density at radius 1 is 0.968 bits per heavy atom. The standard InChI is InChI=1S/C22H33N3O5S/c1-4-30-22(27)24-11-9-19(10-12-24)21(26)23-13-15-25(16-14-23)31(28,29)20-7-5-18(6-8-20)17(2)3/h5-8,17,19H,4,9-16H2,1-3H3. The average Bonchev–Trinajstić information content (AvgIpc) is 2.79. The molecular weight excluding hydrogens is 418 g/mol. The number of sulfonamides is 1. The molecule has 2 amide bonds. The van der Waals surface area contributed by atoms with Gasteiger partial charge in [-0.3, -0.25) is 4.79 Å². The molecule has 9 heteroatoms. The number of hydrogen-bond acceptors (Lipinski definition) is 5. The average molecular weight is 452 g/mol. The molecular formula is C22H33N3O5S.